The van der Waals surface area contributed by atoms with Crippen molar-refractivity contribution in [2.75, 3.05) is 0 Å². The van der Waals surface area contributed by atoms with Crippen LogP contribution >= 0.6 is 0 Å². The van der Waals surface area contributed by atoms with E-state index < -0.39 is 5.97 Å². The minimum Gasteiger partial charge on any atom is -0.478 e. The molecule has 0 radical (unpaired) electrons. The van der Waals surface area contributed by atoms with Gasteiger partial charge in [0.25, 0.3) is 5.91 Å². The van der Waals surface area contributed by atoms with Gasteiger partial charge in [-0.05, 0) is 81.1 Å². The number of hydrogen-bond acceptors (Lipinski definition) is 3. The van der Waals surface area contributed by atoms with E-state index in [4.69, 9.17) is 0 Å². The molecule has 0 saturated carbocycles. The topological polar surface area (TPSA) is 89.2 Å². The fourth-order valence-corrected chi connectivity index (χ4v) is 5.11. The Bertz CT molecular complexity index is 1710. The number of rotatable bonds is 8. The van der Waals surface area contributed by atoms with E-state index in [1.54, 1.807) is 18.3 Å². The molecule has 0 spiro atoms. The molecule has 0 saturated heterocycles. The van der Waals surface area contributed by atoms with Gasteiger partial charge in [0.2, 0.25) is 0 Å². The number of hydrogen-bond donors (Lipinski definition) is 2. The summed E-state index contributed by atoms with van der Waals surface area (Å²) in [5, 5.41) is 18.1. The Labute approximate surface area is 234 Å². The molecule has 1 unspecified atom stereocenters. The number of carboxylic acids is 1. The minimum atomic E-state index is -0.936. The zero-order valence-electron chi connectivity index (χ0n) is 23.5. The summed E-state index contributed by atoms with van der Waals surface area (Å²) >= 11 is 0. The second-order valence-corrected chi connectivity index (χ2v) is 10.6. The first-order chi connectivity index (χ1) is 19.1. The molecule has 1 amide bonds. The van der Waals surface area contributed by atoms with Gasteiger partial charge in [-0.2, -0.15) is 5.10 Å². The van der Waals surface area contributed by atoms with Crippen molar-refractivity contribution in [1.29, 1.82) is 0 Å². The van der Waals surface area contributed by atoms with Crippen LogP contribution in [0.4, 0.5) is 0 Å². The summed E-state index contributed by atoms with van der Waals surface area (Å²) in [7, 11) is 0. The standard InChI is InChI=1S/C33H34N4O3/c1-20(2)37-19-27(17-34-37)22(4)35-32(38)26-14-15-31-30(16-26)21(3)23(5)36(31)18-24-10-12-25(13-11-24)28-8-6-7-9-29(28)33(39)40/h6-17,19-20,22H,18H2,1-5H3,(H,35,38)(H,39,40). The zero-order chi connectivity index (χ0) is 28.6. The van der Waals surface area contributed by atoms with E-state index in [-0.39, 0.29) is 23.6 Å². The van der Waals surface area contributed by atoms with Crippen molar-refractivity contribution >= 4 is 22.8 Å². The van der Waals surface area contributed by atoms with Crippen LogP contribution in [0.15, 0.2) is 79.1 Å². The highest BCUT2D eigenvalue weighted by atomic mass is 16.4. The first kappa shape index (κ1) is 26.9. The molecule has 1 atom stereocenters. The molecule has 204 valence electrons. The monoisotopic (exact) mass is 534 g/mol. The number of aromatic nitrogens is 3. The predicted octanol–water partition coefficient (Wildman–Crippen LogP) is 6.94. The summed E-state index contributed by atoms with van der Waals surface area (Å²) in [4.78, 5) is 24.8. The molecule has 0 aliphatic rings. The Morgan fingerprint density at radius 2 is 1.70 bits per heavy atom. The van der Waals surface area contributed by atoms with Crippen LogP contribution in [0.2, 0.25) is 0 Å². The fraction of sp³-hybridized carbons (Fsp3) is 0.242. The lowest BCUT2D eigenvalue weighted by molar-refractivity contribution is 0.0697. The van der Waals surface area contributed by atoms with Crippen molar-refractivity contribution in [3.05, 3.63) is 113 Å². The van der Waals surface area contributed by atoms with Crippen LogP contribution in [0.25, 0.3) is 22.0 Å². The Morgan fingerprint density at radius 1 is 0.975 bits per heavy atom. The summed E-state index contributed by atoms with van der Waals surface area (Å²) < 4.78 is 4.15. The van der Waals surface area contributed by atoms with E-state index in [2.05, 4.69) is 42.7 Å². The van der Waals surface area contributed by atoms with E-state index in [0.717, 1.165) is 38.9 Å². The Kier molecular flexibility index (Phi) is 7.30. The lowest BCUT2D eigenvalue weighted by Gasteiger charge is -2.13. The number of fused-ring (bicyclic) bond motifs is 1. The normalized spacial score (nSPS) is 12.2. The molecular formula is C33H34N4O3. The molecule has 7 heteroatoms. The summed E-state index contributed by atoms with van der Waals surface area (Å²) in [6.07, 6.45) is 3.78. The Balaban J connectivity index is 1.37. The van der Waals surface area contributed by atoms with Crippen molar-refractivity contribution in [1.82, 2.24) is 19.7 Å². The molecule has 5 rings (SSSR count). The number of aromatic carboxylic acids is 1. The molecule has 7 nitrogen and oxygen atoms in total. The maximum Gasteiger partial charge on any atom is 0.336 e. The number of carbonyl (C=O) groups is 2. The highest BCUT2D eigenvalue weighted by Gasteiger charge is 2.17. The largest absolute Gasteiger partial charge is 0.478 e. The maximum absolute atomic E-state index is 13.1. The van der Waals surface area contributed by atoms with Gasteiger partial charge in [0.1, 0.15) is 0 Å². The van der Waals surface area contributed by atoms with Crippen LogP contribution in [-0.2, 0) is 6.54 Å². The van der Waals surface area contributed by atoms with Gasteiger partial charge in [-0.15, -0.1) is 0 Å². The van der Waals surface area contributed by atoms with E-state index in [1.807, 2.05) is 72.4 Å². The third-order valence-electron chi connectivity index (χ3n) is 7.66. The van der Waals surface area contributed by atoms with Gasteiger partial charge in [0.05, 0.1) is 17.8 Å². The number of amides is 1. The second kappa shape index (κ2) is 10.8. The maximum atomic E-state index is 13.1. The second-order valence-electron chi connectivity index (χ2n) is 10.6. The highest BCUT2D eigenvalue weighted by molar-refractivity contribution is 5.99. The first-order valence-electron chi connectivity index (χ1n) is 13.5. The molecule has 3 aromatic carbocycles. The lowest BCUT2D eigenvalue weighted by Crippen LogP contribution is -2.26. The molecule has 2 aromatic heterocycles. The summed E-state index contributed by atoms with van der Waals surface area (Å²) in [6, 6.07) is 21.0. The highest BCUT2D eigenvalue weighted by Crippen LogP contribution is 2.29. The predicted molar refractivity (Wildman–Crippen MR) is 158 cm³/mol. The van der Waals surface area contributed by atoms with Gasteiger partial charge in [0, 0.05) is 46.5 Å². The van der Waals surface area contributed by atoms with Gasteiger partial charge >= 0.3 is 5.97 Å². The van der Waals surface area contributed by atoms with Crippen LogP contribution in [-0.4, -0.2) is 31.3 Å². The molecule has 5 aromatic rings. The third kappa shape index (κ3) is 5.15. The average molecular weight is 535 g/mol. The molecule has 0 bridgehead atoms. The van der Waals surface area contributed by atoms with Gasteiger partial charge < -0.3 is 15.0 Å². The fourth-order valence-electron chi connectivity index (χ4n) is 5.11. The molecule has 2 heterocycles. The van der Waals surface area contributed by atoms with Crippen LogP contribution in [0, 0.1) is 13.8 Å². The SMILES string of the molecule is Cc1c(C)n(Cc2ccc(-c3ccccc3C(=O)O)cc2)c2ccc(C(=O)NC(C)c3cnn(C(C)C)c3)cc12. The van der Waals surface area contributed by atoms with Gasteiger partial charge in [0.15, 0.2) is 0 Å². The van der Waals surface area contributed by atoms with E-state index in [0.29, 0.717) is 17.7 Å². The molecular weight excluding hydrogens is 500 g/mol. The molecule has 0 aliphatic heterocycles. The Hall–Kier alpha value is -4.65. The smallest absolute Gasteiger partial charge is 0.336 e. The summed E-state index contributed by atoms with van der Waals surface area (Å²) in [5.41, 5.74) is 7.91. The minimum absolute atomic E-state index is 0.117. The third-order valence-corrected chi connectivity index (χ3v) is 7.66. The number of carboxylic acid groups (broad SMARTS) is 1. The quantitative estimate of drug-likeness (QED) is 0.226. The van der Waals surface area contributed by atoms with Crippen LogP contribution < -0.4 is 5.32 Å². The van der Waals surface area contributed by atoms with E-state index >= 15 is 0 Å². The molecule has 40 heavy (non-hydrogen) atoms. The molecule has 0 aliphatic carbocycles. The van der Waals surface area contributed by atoms with E-state index in [1.165, 1.54) is 0 Å². The lowest BCUT2D eigenvalue weighted by atomic mass is 9.99. The van der Waals surface area contributed by atoms with Gasteiger partial charge in [-0.3, -0.25) is 9.48 Å². The van der Waals surface area contributed by atoms with Crippen molar-refractivity contribution in [3.63, 3.8) is 0 Å². The average Bonchev–Trinajstić information content (AvgIpc) is 3.54. The van der Waals surface area contributed by atoms with Crippen LogP contribution in [0.3, 0.4) is 0 Å². The first-order valence-corrected chi connectivity index (χ1v) is 13.5. The zero-order valence-corrected chi connectivity index (χ0v) is 23.5. The van der Waals surface area contributed by atoms with Gasteiger partial charge in [-0.25, -0.2) is 4.79 Å². The van der Waals surface area contributed by atoms with Crippen molar-refractivity contribution in [2.24, 2.45) is 0 Å². The summed E-state index contributed by atoms with van der Waals surface area (Å²) in [5.74, 6) is -1.05. The number of carbonyl (C=O) groups excluding carboxylic acids is 1. The summed E-state index contributed by atoms with van der Waals surface area (Å²) in [6.45, 7) is 11.0. The molecule has 2 N–H and O–H groups in total. The van der Waals surface area contributed by atoms with Gasteiger partial charge in [-0.1, -0.05) is 42.5 Å². The van der Waals surface area contributed by atoms with Crippen molar-refractivity contribution < 1.29 is 14.7 Å². The van der Waals surface area contributed by atoms with Crippen molar-refractivity contribution in [3.8, 4) is 11.1 Å². The van der Waals surface area contributed by atoms with E-state index in [9.17, 15) is 14.7 Å². The Morgan fingerprint density at radius 3 is 2.38 bits per heavy atom. The van der Waals surface area contributed by atoms with Crippen LogP contribution in [0.1, 0.15) is 76.0 Å². The molecule has 0 fully saturated rings. The van der Waals surface area contributed by atoms with Crippen molar-refractivity contribution in [2.45, 2.75) is 53.2 Å². The number of nitrogens with one attached hydrogen (secondary N) is 1. The number of nitrogens with zero attached hydrogens (tertiary/aromatic N) is 3. The van der Waals surface area contributed by atoms with Crippen LogP contribution in [0.5, 0.6) is 0 Å². The number of benzene rings is 3. The number of aryl methyl sites for hydroxylation is 1.